The highest BCUT2D eigenvalue weighted by Gasteiger charge is 2.05. The summed E-state index contributed by atoms with van der Waals surface area (Å²) in [6, 6.07) is 0. The van der Waals surface area contributed by atoms with Crippen molar-refractivity contribution in [1.82, 2.24) is 0 Å². The van der Waals surface area contributed by atoms with E-state index in [-0.39, 0.29) is 12.0 Å². The number of hydrogen-bond acceptors (Lipinski definition) is 2. The fourth-order valence-corrected chi connectivity index (χ4v) is 0.298. The predicted molar refractivity (Wildman–Crippen MR) is 33.3 cm³/mol. The van der Waals surface area contributed by atoms with Crippen molar-refractivity contribution in [3.05, 3.63) is 18.6 Å². The quantitative estimate of drug-likeness (QED) is 0.555. The van der Waals surface area contributed by atoms with Gasteiger partial charge < -0.3 is 10.2 Å². The normalized spacial score (nSPS) is 8.80. The van der Waals surface area contributed by atoms with Gasteiger partial charge in [0.15, 0.2) is 0 Å². The smallest absolute Gasteiger partial charge is 0.330 e. The minimum Gasteiger partial charge on any atom is -0.481 e. The minimum atomic E-state index is -1.17. The molecule has 0 atom stereocenters. The molecule has 0 amide bonds. The second-order valence-electron chi connectivity index (χ2n) is 1.66. The Bertz CT molecular complexity index is 171. The van der Waals surface area contributed by atoms with Crippen LogP contribution in [0, 0.1) is 6.42 Å². The molecular formula is C6H7O4. The Morgan fingerprint density at radius 2 is 1.90 bits per heavy atom. The molecule has 0 heterocycles. The molecule has 0 aliphatic heterocycles. The lowest BCUT2D eigenvalue weighted by atomic mass is 10.2. The molecule has 0 aromatic carbocycles. The zero-order valence-electron chi connectivity index (χ0n) is 5.20. The lowest BCUT2D eigenvalue weighted by Crippen LogP contribution is -2.03. The third-order valence-electron chi connectivity index (χ3n) is 0.826. The Labute approximate surface area is 57.8 Å². The third kappa shape index (κ3) is 3.65. The summed E-state index contributed by atoms with van der Waals surface area (Å²) in [6.45, 7) is 3.13. The number of aliphatic carboxylic acids is 2. The summed E-state index contributed by atoms with van der Waals surface area (Å²) < 4.78 is 0. The van der Waals surface area contributed by atoms with Crippen LogP contribution in [0.25, 0.3) is 0 Å². The van der Waals surface area contributed by atoms with Gasteiger partial charge in [-0.1, -0.05) is 6.58 Å². The van der Waals surface area contributed by atoms with E-state index in [2.05, 4.69) is 6.58 Å². The van der Waals surface area contributed by atoms with Crippen LogP contribution in [0.1, 0.15) is 6.42 Å². The van der Waals surface area contributed by atoms with Crippen molar-refractivity contribution in [3.8, 4) is 0 Å². The fourth-order valence-electron chi connectivity index (χ4n) is 0.298. The van der Waals surface area contributed by atoms with Gasteiger partial charge in [0.1, 0.15) is 0 Å². The van der Waals surface area contributed by atoms with Crippen molar-refractivity contribution in [3.63, 3.8) is 0 Å². The molecule has 0 spiro atoms. The average Bonchev–Trinajstić information content (AvgIpc) is 1.82. The molecule has 0 rings (SSSR count). The highest BCUT2D eigenvalue weighted by molar-refractivity contribution is 5.88. The van der Waals surface area contributed by atoms with Crippen molar-refractivity contribution >= 4 is 11.9 Å². The maximum absolute atomic E-state index is 10.00. The molecule has 0 aromatic rings. The molecule has 0 aliphatic carbocycles. The first kappa shape index (κ1) is 8.68. The lowest BCUT2D eigenvalue weighted by Gasteiger charge is -1.93. The monoisotopic (exact) mass is 143 g/mol. The van der Waals surface area contributed by atoms with Gasteiger partial charge >= 0.3 is 11.9 Å². The van der Waals surface area contributed by atoms with Crippen molar-refractivity contribution in [2.75, 3.05) is 0 Å². The van der Waals surface area contributed by atoms with E-state index in [1.165, 1.54) is 0 Å². The summed E-state index contributed by atoms with van der Waals surface area (Å²) in [4.78, 5) is 19.8. The van der Waals surface area contributed by atoms with Crippen molar-refractivity contribution in [2.24, 2.45) is 0 Å². The van der Waals surface area contributed by atoms with Gasteiger partial charge in [0.05, 0.1) is 6.42 Å². The van der Waals surface area contributed by atoms with Crippen LogP contribution in [0.15, 0.2) is 12.2 Å². The van der Waals surface area contributed by atoms with Gasteiger partial charge in [-0.2, -0.15) is 0 Å². The molecule has 0 fully saturated rings. The van der Waals surface area contributed by atoms with Gasteiger partial charge in [-0.05, 0) is 6.42 Å². The number of carboxylic acids is 2. The largest absolute Gasteiger partial charge is 0.481 e. The van der Waals surface area contributed by atoms with E-state index in [9.17, 15) is 9.59 Å². The van der Waals surface area contributed by atoms with Crippen LogP contribution in [0.2, 0.25) is 0 Å². The van der Waals surface area contributed by atoms with Crippen LogP contribution in [-0.2, 0) is 9.59 Å². The van der Waals surface area contributed by atoms with E-state index < -0.39 is 11.9 Å². The molecular weight excluding hydrogens is 136 g/mol. The highest BCUT2D eigenvalue weighted by atomic mass is 16.4. The molecule has 4 heteroatoms. The lowest BCUT2D eigenvalue weighted by molar-refractivity contribution is -0.133. The Balaban J connectivity index is 3.60. The zero-order chi connectivity index (χ0) is 8.15. The summed E-state index contributed by atoms with van der Waals surface area (Å²) in [5, 5.41) is 16.2. The molecule has 1 radical (unpaired) electrons. The summed E-state index contributed by atoms with van der Waals surface area (Å²) in [6.07, 6.45) is 0.723. The summed E-state index contributed by atoms with van der Waals surface area (Å²) in [5.74, 6) is -2.31. The Morgan fingerprint density at radius 3 is 2.20 bits per heavy atom. The van der Waals surface area contributed by atoms with E-state index in [0.717, 1.165) is 6.42 Å². The molecule has 2 N–H and O–H groups in total. The van der Waals surface area contributed by atoms with Crippen LogP contribution >= 0.6 is 0 Å². The number of rotatable bonds is 4. The first-order valence-electron chi connectivity index (χ1n) is 2.51. The number of carboxylic acid groups (broad SMARTS) is 2. The van der Waals surface area contributed by atoms with Crippen LogP contribution in [0.3, 0.4) is 0 Å². The average molecular weight is 143 g/mol. The fraction of sp³-hybridized carbons (Fsp3) is 0.167. The Hall–Kier alpha value is -1.32. The zero-order valence-corrected chi connectivity index (χ0v) is 5.20. The van der Waals surface area contributed by atoms with Gasteiger partial charge in [0.25, 0.3) is 0 Å². The predicted octanol–water partition coefficient (Wildman–Crippen LogP) is 0.306. The topological polar surface area (TPSA) is 74.6 Å². The van der Waals surface area contributed by atoms with Gasteiger partial charge in [-0.25, -0.2) is 4.79 Å². The van der Waals surface area contributed by atoms with E-state index in [4.69, 9.17) is 10.2 Å². The molecule has 55 valence electrons. The highest BCUT2D eigenvalue weighted by Crippen LogP contribution is 1.99. The van der Waals surface area contributed by atoms with E-state index in [1.807, 2.05) is 0 Å². The van der Waals surface area contributed by atoms with Gasteiger partial charge in [0, 0.05) is 5.57 Å². The van der Waals surface area contributed by atoms with Crippen LogP contribution < -0.4 is 0 Å². The van der Waals surface area contributed by atoms with Gasteiger partial charge in [0.2, 0.25) is 0 Å². The Morgan fingerprint density at radius 1 is 1.40 bits per heavy atom. The first-order chi connectivity index (χ1) is 4.54. The molecule has 0 bridgehead atoms. The van der Waals surface area contributed by atoms with Crippen LogP contribution in [-0.4, -0.2) is 22.2 Å². The molecule has 0 unspecified atom stereocenters. The van der Waals surface area contributed by atoms with Crippen molar-refractivity contribution < 1.29 is 19.8 Å². The van der Waals surface area contributed by atoms with Gasteiger partial charge in [-0.15, -0.1) is 0 Å². The Kier molecular flexibility index (Phi) is 3.17. The SMILES string of the molecule is C=C(C[CH]C(=O)O)C(=O)O. The van der Waals surface area contributed by atoms with E-state index >= 15 is 0 Å². The second kappa shape index (κ2) is 3.66. The second-order valence-corrected chi connectivity index (χ2v) is 1.66. The van der Waals surface area contributed by atoms with Gasteiger partial charge in [-0.3, -0.25) is 4.79 Å². The number of carbonyl (C=O) groups is 2. The van der Waals surface area contributed by atoms with E-state index in [1.54, 1.807) is 0 Å². The molecule has 0 aliphatic rings. The standard InChI is InChI=1S/C6H7O4/c1-4(6(9)10)2-3-5(7)8/h3H,1-2H2,(H,7,8)(H,9,10). The third-order valence-corrected chi connectivity index (χ3v) is 0.826. The van der Waals surface area contributed by atoms with Crippen LogP contribution in [0.5, 0.6) is 0 Å². The maximum Gasteiger partial charge on any atom is 0.330 e. The molecule has 0 saturated heterocycles. The van der Waals surface area contributed by atoms with Crippen LogP contribution in [0.4, 0.5) is 0 Å². The summed E-state index contributed by atoms with van der Waals surface area (Å²) >= 11 is 0. The van der Waals surface area contributed by atoms with E-state index in [0.29, 0.717) is 0 Å². The first-order valence-corrected chi connectivity index (χ1v) is 2.51. The number of hydrogen-bond donors (Lipinski definition) is 2. The molecule has 0 saturated carbocycles. The molecule has 10 heavy (non-hydrogen) atoms. The summed E-state index contributed by atoms with van der Waals surface area (Å²) in [5.41, 5.74) is -0.123. The molecule has 4 nitrogen and oxygen atoms in total. The minimum absolute atomic E-state index is 0.120. The van der Waals surface area contributed by atoms with Crippen molar-refractivity contribution in [2.45, 2.75) is 6.42 Å². The summed E-state index contributed by atoms with van der Waals surface area (Å²) in [7, 11) is 0. The van der Waals surface area contributed by atoms with Crippen molar-refractivity contribution in [1.29, 1.82) is 0 Å². The maximum atomic E-state index is 10.00. The molecule has 0 aromatic heterocycles.